The zero-order chi connectivity index (χ0) is 39.6. The number of rotatable bonds is 7. The highest BCUT2D eigenvalue weighted by atomic mass is 32.1. The molecule has 12 rings (SSSR count). The second-order valence-electron chi connectivity index (χ2n) is 15.6. The average Bonchev–Trinajstić information content (AvgIpc) is 3.96. The van der Waals surface area contributed by atoms with Gasteiger partial charge in [-0.1, -0.05) is 176 Å². The Kier molecular flexibility index (Phi) is 7.97. The number of para-hydroxylation sites is 3. The Balaban J connectivity index is 1.02. The predicted octanol–water partition coefficient (Wildman–Crippen LogP) is 15.5. The highest BCUT2D eigenvalue weighted by molar-refractivity contribution is 7.27. The molecule has 0 bridgehead atoms. The van der Waals surface area contributed by atoms with Gasteiger partial charge in [-0.25, -0.2) is 0 Å². The Bertz CT molecular complexity index is 3310. The van der Waals surface area contributed by atoms with E-state index in [0.29, 0.717) is 0 Å². The Morgan fingerprint density at radius 3 is 1.67 bits per heavy atom. The molecule has 9 aromatic carbocycles. The SMILES string of the molecule is c1ccc(N(c2ccc(-c3cccc4c3sc3c5ccccc5n(-c5ccccc5)c43)cc2)c2ccc3c(c2)C(c2ccccc2)(c2ccccc2)c2ccccc2-3)cc1. The molecule has 3 heteroatoms. The highest BCUT2D eigenvalue weighted by Gasteiger charge is 2.46. The quantitative estimate of drug-likeness (QED) is 0.156. The number of benzene rings is 9. The van der Waals surface area contributed by atoms with Crippen molar-refractivity contribution < 1.29 is 0 Å². The first-order valence-electron chi connectivity index (χ1n) is 20.6. The third-order valence-electron chi connectivity index (χ3n) is 12.5. The largest absolute Gasteiger partial charge is 0.310 e. The molecule has 1 aliphatic carbocycles. The monoisotopic (exact) mass is 782 g/mol. The van der Waals surface area contributed by atoms with Gasteiger partial charge in [-0.3, -0.25) is 0 Å². The van der Waals surface area contributed by atoms with E-state index in [1.807, 2.05) is 11.3 Å². The van der Waals surface area contributed by atoms with Crippen LogP contribution in [-0.4, -0.2) is 4.57 Å². The Hall–Kier alpha value is -7.46. The summed E-state index contributed by atoms with van der Waals surface area (Å²) in [4.78, 5) is 2.41. The van der Waals surface area contributed by atoms with Gasteiger partial charge in [-0.15, -0.1) is 11.3 Å². The fraction of sp³-hybridized carbons (Fsp3) is 0.0175. The van der Waals surface area contributed by atoms with Crippen molar-refractivity contribution in [1.82, 2.24) is 4.57 Å². The van der Waals surface area contributed by atoms with Crippen LogP contribution in [-0.2, 0) is 5.41 Å². The molecule has 0 saturated carbocycles. The highest BCUT2D eigenvalue weighted by Crippen LogP contribution is 2.57. The van der Waals surface area contributed by atoms with E-state index in [9.17, 15) is 0 Å². The van der Waals surface area contributed by atoms with E-state index in [0.717, 1.165) is 17.1 Å². The summed E-state index contributed by atoms with van der Waals surface area (Å²) in [6.07, 6.45) is 0. The van der Waals surface area contributed by atoms with Crippen LogP contribution in [0, 0.1) is 0 Å². The van der Waals surface area contributed by atoms with Gasteiger partial charge in [0.15, 0.2) is 0 Å². The van der Waals surface area contributed by atoms with Gasteiger partial charge in [0.1, 0.15) is 0 Å². The van der Waals surface area contributed by atoms with E-state index in [2.05, 4.69) is 240 Å². The molecule has 0 N–H and O–H groups in total. The summed E-state index contributed by atoms with van der Waals surface area (Å²) < 4.78 is 5.07. The van der Waals surface area contributed by atoms with Gasteiger partial charge in [0.25, 0.3) is 0 Å². The standard InChI is InChI=1S/C57H38N2S/c1-5-18-40(19-6-1)57(41-20-7-2-8-21-41)51-30-15-13-26-47(51)48-37-36-45(38-52(48)57)58(42-22-9-3-10-23-42)44-34-32-39(33-35-44)46-28-17-29-50-54-56(60-55(46)50)49-27-14-16-31-53(49)59(54)43-24-11-4-12-25-43/h1-38H. The third kappa shape index (κ3) is 5.13. The lowest BCUT2D eigenvalue weighted by Gasteiger charge is -2.35. The molecule has 0 spiro atoms. The van der Waals surface area contributed by atoms with Crippen LogP contribution in [0.3, 0.4) is 0 Å². The normalized spacial score (nSPS) is 12.8. The van der Waals surface area contributed by atoms with Gasteiger partial charge >= 0.3 is 0 Å². The molecule has 0 saturated heterocycles. The fourth-order valence-corrected chi connectivity index (χ4v) is 11.3. The maximum atomic E-state index is 2.44. The van der Waals surface area contributed by atoms with Crippen molar-refractivity contribution in [3.05, 3.63) is 253 Å². The van der Waals surface area contributed by atoms with Gasteiger partial charge < -0.3 is 9.47 Å². The van der Waals surface area contributed by atoms with Crippen LogP contribution in [0.4, 0.5) is 17.1 Å². The minimum absolute atomic E-state index is 0.479. The Labute approximate surface area is 353 Å². The molecule has 2 aromatic heterocycles. The molecule has 2 nitrogen and oxygen atoms in total. The summed E-state index contributed by atoms with van der Waals surface area (Å²) in [7, 11) is 0. The fourth-order valence-electron chi connectivity index (χ4n) is 9.95. The first kappa shape index (κ1) is 34.6. The lowest BCUT2D eigenvalue weighted by molar-refractivity contribution is 0.768. The number of hydrogen-bond acceptors (Lipinski definition) is 2. The molecule has 0 fully saturated rings. The molecule has 1 aliphatic rings. The summed E-state index contributed by atoms with van der Waals surface area (Å²) in [5.41, 5.74) is 16.7. The van der Waals surface area contributed by atoms with Crippen LogP contribution in [0.2, 0.25) is 0 Å². The Morgan fingerprint density at radius 2 is 0.933 bits per heavy atom. The first-order valence-corrected chi connectivity index (χ1v) is 21.4. The smallest absolute Gasteiger partial charge is 0.0727 e. The van der Waals surface area contributed by atoms with Crippen LogP contribution >= 0.6 is 11.3 Å². The van der Waals surface area contributed by atoms with Crippen molar-refractivity contribution in [2.24, 2.45) is 0 Å². The first-order chi connectivity index (χ1) is 29.8. The van der Waals surface area contributed by atoms with E-state index in [1.54, 1.807) is 0 Å². The van der Waals surface area contributed by atoms with E-state index in [4.69, 9.17) is 0 Å². The van der Waals surface area contributed by atoms with Crippen molar-refractivity contribution in [1.29, 1.82) is 0 Å². The van der Waals surface area contributed by atoms with E-state index in [-0.39, 0.29) is 0 Å². The minimum Gasteiger partial charge on any atom is -0.310 e. The topological polar surface area (TPSA) is 8.17 Å². The van der Waals surface area contributed by atoms with Crippen molar-refractivity contribution in [2.75, 3.05) is 4.90 Å². The van der Waals surface area contributed by atoms with E-state index in [1.165, 1.54) is 81.4 Å². The zero-order valence-electron chi connectivity index (χ0n) is 32.7. The molecular formula is C57H38N2S. The molecule has 0 amide bonds. The van der Waals surface area contributed by atoms with Gasteiger partial charge in [0.2, 0.25) is 0 Å². The van der Waals surface area contributed by atoms with Crippen LogP contribution < -0.4 is 4.90 Å². The molecule has 2 heterocycles. The van der Waals surface area contributed by atoms with E-state index < -0.39 is 5.41 Å². The van der Waals surface area contributed by atoms with Crippen LogP contribution in [0.5, 0.6) is 0 Å². The van der Waals surface area contributed by atoms with Gasteiger partial charge in [-0.05, 0) is 99.1 Å². The maximum absolute atomic E-state index is 2.44. The number of hydrogen-bond donors (Lipinski definition) is 0. The average molecular weight is 783 g/mol. The summed E-state index contributed by atoms with van der Waals surface area (Å²) >= 11 is 1.90. The summed E-state index contributed by atoms with van der Waals surface area (Å²) in [6.45, 7) is 0. The second-order valence-corrected chi connectivity index (χ2v) is 16.6. The van der Waals surface area contributed by atoms with Crippen LogP contribution in [0.15, 0.2) is 231 Å². The molecular weight excluding hydrogens is 745 g/mol. The van der Waals surface area contributed by atoms with Gasteiger partial charge in [-0.2, -0.15) is 0 Å². The van der Waals surface area contributed by atoms with Gasteiger partial charge in [0.05, 0.1) is 21.1 Å². The molecule has 0 aliphatic heterocycles. The van der Waals surface area contributed by atoms with Crippen molar-refractivity contribution >= 4 is 59.6 Å². The molecule has 0 radical (unpaired) electrons. The lowest BCUT2D eigenvalue weighted by atomic mass is 9.67. The number of fused-ring (bicyclic) bond motifs is 8. The van der Waals surface area contributed by atoms with Crippen molar-refractivity contribution in [2.45, 2.75) is 5.41 Å². The molecule has 60 heavy (non-hydrogen) atoms. The zero-order valence-corrected chi connectivity index (χ0v) is 33.6. The van der Waals surface area contributed by atoms with Crippen molar-refractivity contribution in [3.8, 4) is 27.9 Å². The molecule has 0 unspecified atom stereocenters. The molecule has 282 valence electrons. The third-order valence-corrected chi connectivity index (χ3v) is 13.7. The lowest BCUT2D eigenvalue weighted by Crippen LogP contribution is -2.28. The minimum atomic E-state index is -0.479. The summed E-state index contributed by atoms with van der Waals surface area (Å²) in [5, 5.41) is 2.57. The van der Waals surface area contributed by atoms with Crippen molar-refractivity contribution in [3.63, 3.8) is 0 Å². The number of nitrogens with zero attached hydrogens (tertiary/aromatic N) is 2. The predicted molar refractivity (Wildman–Crippen MR) is 254 cm³/mol. The number of aromatic nitrogens is 1. The summed E-state index contributed by atoms with van der Waals surface area (Å²) in [5.74, 6) is 0. The van der Waals surface area contributed by atoms with Crippen LogP contribution in [0.25, 0.3) is 59.1 Å². The van der Waals surface area contributed by atoms with E-state index >= 15 is 0 Å². The second kappa shape index (κ2) is 13.8. The van der Waals surface area contributed by atoms with Gasteiger partial charge in [0, 0.05) is 38.2 Å². The maximum Gasteiger partial charge on any atom is 0.0727 e. The summed E-state index contributed by atoms with van der Waals surface area (Å²) in [6, 6.07) is 84.4. The molecule has 0 atom stereocenters. The van der Waals surface area contributed by atoms with Crippen LogP contribution in [0.1, 0.15) is 22.3 Å². The number of thiophene rings is 1. The Morgan fingerprint density at radius 1 is 0.383 bits per heavy atom. The molecule has 11 aromatic rings. The number of anilines is 3.